The monoisotopic (exact) mass is 459 g/mol. The molecule has 1 fully saturated rings. The van der Waals surface area contributed by atoms with E-state index < -0.39 is 0 Å². The van der Waals surface area contributed by atoms with Gasteiger partial charge in [0, 0.05) is 24.7 Å². The quantitative estimate of drug-likeness (QED) is 0.347. The van der Waals surface area contributed by atoms with E-state index in [9.17, 15) is 4.79 Å². The van der Waals surface area contributed by atoms with Crippen LogP contribution in [-0.4, -0.2) is 36.0 Å². The Labute approximate surface area is 167 Å². The van der Waals surface area contributed by atoms with Gasteiger partial charge in [0.1, 0.15) is 5.82 Å². The third-order valence-corrected chi connectivity index (χ3v) is 4.05. The van der Waals surface area contributed by atoms with Crippen molar-refractivity contribution in [3.8, 4) is 0 Å². The van der Waals surface area contributed by atoms with Gasteiger partial charge in [0.2, 0.25) is 5.91 Å². The largest absolute Gasteiger partial charge is 0.357 e. The second-order valence-electron chi connectivity index (χ2n) is 6.20. The second kappa shape index (κ2) is 12.1. The number of aliphatic imine (C=N–C) groups is 1. The molecule has 1 aliphatic rings. The molecule has 0 saturated heterocycles. The summed E-state index contributed by atoms with van der Waals surface area (Å²) in [4.78, 5) is 20.8. The molecule has 140 valence electrons. The van der Waals surface area contributed by atoms with E-state index in [1.807, 2.05) is 26.0 Å². The van der Waals surface area contributed by atoms with Crippen molar-refractivity contribution >= 4 is 41.7 Å². The fourth-order valence-electron chi connectivity index (χ4n) is 2.85. The first-order chi connectivity index (χ1) is 11.7. The predicted molar refractivity (Wildman–Crippen MR) is 114 cm³/mol. The predicted octanol–water partition coefficient (Wildman–Crippen LogP) is 3.22. The van der Waals surface area contributed by atoms with E-state index in [4.69, 9.17) is 0 Å². The number of anilines is 1. The number of carbonyl (C=O) groups is 1. The number of amides is 1. The number of nitrogens with one attached hydrogen (secondary N) is 3. The Morgan fingerprint density at radius 2 is 2.04 bits per heavy atom. The molecule has 1 aliphatic carbocycles. The number of halogens is 1. The van der Waals surface area contributed by atoms with E-state index >= 15 is 0 Å². The van der Waals surface area contributed by atoms with Crippen LogP contribution in [-0.2, 0) is 4.79 Å². The van der Waals surface area contributed by atoms with Crippen molar-refractivity contribution in [1.82, 2.24) is 15.6 Å². The Morgan fingerprint density at radius 1 is 1.28 bits per heavy atom. The van der Waals surface area contributed by atoms with Crippen LogP contribution >= 0.6 is 24.0 Å². The van der Waals surface area contributed by atoms with Crippen LogP contribution in [0.25, 0.3) is 0 Å². The van der Waals surface area contributed by atoms with Crippen LogP contribution in [0.2, 0.25) is 0 Å². The first-order valence-corrected chi connectivity index (χ1v) is 8.95. The molecule has 6 nitrogen and oxygen atoms in total. The molecule has 0 spiro atoms. The zero-order chi connectivity index (χ0) is 17.2. The van der Waals surface area contributed by atoms with E-state index in [1.165, 1.54) is 32.1 Å². The van der Waals surface area contributed by atoms with Gasteiger partial charge in [-0.05, 0) is 38.8 Å². The highest BCUT2D eigenvalue weighted by Gasteiger charge is 2.14. The molecule has 0 radical (unpaired) electrons. The molecule has 0 atom stereocenters. The molecule has 7 heteroatoms. The topological polar surface area (TPSA) is 78.4 Å². The van der Waals surface area contributed by atoms with Gasteiger partial charge in [-0.25, -0.2) is 4.98 Å². The molecule has 2 rings (SSSR count). The molecule has 1 heterocycles. The minimum atomic E-state index is -0.0645. The summed E-state index contributed by atoms with van der Waals surface area (Å²) in [6.45, 7) is 5.23. The maximum Gasteiger partial charge on any atom is 0.227 e. The molecule has 0 aliphatic heterocycles. The van der Waals surface area contributed by atoms with Crippen molar-refractivity contribution in [2.24, 2.45) is 4.99 Å². The molecule has 0 aromatic carbocycles. The van der Waals surface area contributed by atoms with Crippen molar-refractivity contribution in [1.29, 1.82) is 0 Å². The number of aryl methyl sites for hydroxylation is 1. The lowest BCUT2D eigenvalue weighted by Gasteiger charge is -2.24. The lowest BCUT2D eigenvalue weighted by atomic mass is 9.96. The summed E-state index contributed by atoms with van der Waals surface area (Å²) >= 11 is 0. The summed E-state index contributed by atoms with van der Waals surface area (Å²) in [6, 6.07) is 6.08. The normalized spacial score (nSPS) is 15.2. The van der Waals surface area contributed by atoms with Gasteiger partial charge >= 0.3 is 0 Å². The van der Waals surface area contributed by atoms with Crippen LogP contribution in [0, 0.1) is 6.92 Å². The number of hydrogen-bond acceptors (Lipinski definition) is 3. The number of hydrogen-bond donors (Lipinski definition) is 3. The molecule has 1 saturated carbocycles. The molecular weight excluding hydrogens is 429 g/mol. The van der Waals surface area contributed by atoms with Crippen LogP contribution in [0.5, 0.6) is 0 Å². The standard InChI is InChI=1S/C18H29N5O.HI/c1-3-19-18(22-15-9-5-4-6-10-15)20-13-12-17(24)23-16-11-7-8-14(2)21-16;/h7-8,11,15H,3-6,9-10,12-13H2,1-2H3,(H2,19,20,22)(H,21,23,24);1H. The van der Waals surface area contributed by atoms with Gasteiger partial charge in [0.25, 0.3) is 0 Å². The molecule has 0 unspecified atom stereocenters. The van der Waals surface area contributed by atoms with E-state index in [2.05, 4.69) is 25.9 Å². The number of carbonyl (C=O) groups excluding carboxylic acids is 1. The van der Waals surface area contributed by atoms with Crippen LogP contribution in [0.4, 0.5) is 5.82 Å². The van der Waals surface area contributed by atoms with E-state index in [0.717, 1.165) is 18.2 Å². The van der Waals surface area contributed by atoms with Crippen LogP contribution < -0.4 is 16.0 Å². The average Bonchev–Trinajstić information content (AvgIpc) is 2.56. The van der Waals surface area contributed by atoms with E-state index in [-0.39, 0.29) is 29.9 Å². The maximum absolute atomic E-state index is 12.0. The first kappa shape index (κ1) is 21.7. The third-order valence-electron chi connectivity index (χ3n) is 4.05. The zero-order valence-corrected chi connectivity index (χ0v) is 17.5. The highest BCUT2D eigenvalue weighted by Crippen LogP contribution is 2.17. The fraction of sp³-hybridized carbons (Fsp3) is 0.611. The summed E-state index contributed by atoms with van der Waals surface area (Å²) in [5.41, 5.74) is 0.886. The van der Waals surface area contributed by atoms with Crippen LogP contribution in [0.1, 0.15) is 51.1 Å². The molecule has 3 N–H and O–H groups in total. The van der Waals surface area contributed by atoms with Gasteiger partial charge in [-0.2, -0.15) is 0 Å². The van der Waals surface area contributed by atoms with Gasteiger partial charge < -0.3 is 16.0 Å². The minimum absolute atomic E-state index is 0. The summed E-state index contributed by atoms with van der Waals surface area (Å²) in [7, 11) is 0. The Balaban J connectivity index is 0.00000312. The number of pyridine rings is 1. The molecule has 1 aromatic rings. The Morgan fingerprint density at radius 3 is 2.72 bits per heavy atom. The SMILES string of the molecule is CCNC(=NCCC(=O)Nc1cccc(C)n1)NC1CCCCC1.I. The van der Waals surface area contributed by atoms with E-state index in [1.54, 1.807) is 6.07 Å². The van der Waals surface area contributed by atoms with Gasteiger partial charge in [-0.3, -0.25) is 9.79 Å². The van der Waals surface area contributed by atoms with Crippen molar-refractivity contribution in [3.63, 3.8) is 0 Å². The number of aromatic nitrogens is 1. The number of rotatable bonds is 6. The summed E-state index contributed by atoms with van der Waals surface area (Å²) in [5.74, 6) is 1.34. The maximum atomic E-state index is 12.0. The molecular formula is C18H30IN5O. The summed E-state index contributed by atoms with van der Waals surface area (Å²) < 4.78 is 0. The van der Waals surface area contributed by atoms with Gasteiger partial charge in [-0.15, -0.1) is 24.0 Å². The van der Waals surface area contributed by atoms with Gasteiger partial charge in [0.05, 0.1) is 6.54 Å². The summed E-state index contributed by atoms with van der Waals surface area (Å²) in [5, 5.41) is 9.55. The third kappa shape index (κ3) is 8.51. The fourth-order valence-corrected chi connectivity index (χ4v) is 2.85. The second-order valence-corrected chi connectivity index (χ2v) is 6.20. The number of guanidine groups is 1. The van der Waals surface area contributed by atoms with Gasteiger partial charge in [-0.1, -0.05) is 25.3 Å². The van der Waals surface area contributed by atoms with Crippen molar-refractivity contribution < 1.29 is 4.79 Å². The summed E-state index contributed by atoms with van der Waals surface area (Å²) in [6.07, 6.45) is 6.63. The highest BCUT2D eigenvalue weighted by molar-refractivity contribution is 14.0. The van der Waals surface area contributed by atoms with Gasteiger partial charge in [0.15, 0.2) is 5.96 Å². The minimum Gasteiger partial charge on any atom is -0.357 e. The van der Waals surface area contributed by atoms with E-state index in [0.29, 0.717) is 24.8 Å². The van der Waals surface area contributed by atoms with Crippen LogP contribution in [0.15, 0.2) is 23.2 Å². The molecule has 1 aromatic heterocycles. The number of nitrogens with zero attached hydrogens (tertiary/aromatic N) is 2. The highest BCUT2D eigenvalue weighted by atomic mass is 127. The molecule has 25 heavy (non-hydrogen) atoms. The first-order valence-electron chi connectivity index (χ1n) is 8.95. The zero-order valence-electron chi connectivity index (χ0n) is 15.2. The Bertz CT molecular complexity index is 558. The van der Waals surface area contributed by atoms with Crippen LogP contribution in [0.3, 0.4) is 0 Å². The smallest absolute Gasteiger partial charge is 0.227 e. The molecule has 1 amide bonds. The average molecular weight is 459 g/mol. The van der Waals surface area contributed by atoms with Crippen molar-refractivity contribution in [2.75, 3.05) is 18.4 Å². The lowest BCUT2D eigenvalue weighted by molar-refractivity contribution is -0.116. The Hall–Kier alpha value is -1.38. The molecule has 0 bridgehead atoms. The lowest BCUT2D eigenvalue weighted by Crippen LogP contribution is -2.44. The van der Waals surface area contributed by atoms with Crippen molar-refractivity contribution in [2.45, 2.75) is 58.4 Å². The Kier molecular flexibility index (Phi) is 10.4. The van der Waals surface area contributed by atoms with Crippen molar-refractivity contribution in [3.05, 3.63) is 23.9 Å².